The predicted molar refractivity (Wildman–Crippen MR) is 102 cm³/mol. The number of aromatic carboxylic acids is 1. The van der Waals surface area contributed by atoms with Crippen LogP contribution < -0.4 is 4.74 Å². The molecule has 1 N–H and O–H groups in total. The van der Waals surface area contributed by atoms with Crippen molar-refractivity contribution in [1.82, 2.24) is 9.55 Å². The van der Waals surface area contributed by atoms with Gasteiger partial charge in [-0.2, -0.15) is 0 Å². The number of carbonyl (C=O) groups excluding carboxylic acids is 1. The standard InChI is InChI=1S/C19H15F3N2O5S/c1-2-28-17(25)10-30-16-5-3-4-15(23-16)24-13-9-12(29-19(20,21)22)7-6-11(13)8-14(24)18(26)27/h3-9H,2,10H2,1H3,(H,26,27). The van der Waals surface area contributed by atoms with Gasteiger partial charge in [0.25, 0.3) is 0 Å². The molecule has 7 nitrogen and oxygen atoms in total. The van der Waals surface area contributed by atoms with Crippen LogP contribution in [0.2, 0.25) is 0 Å². The van der Waals surface area contributed by atoms with E-state index in [1.165, 1.54) is 22.8 Å². The van der Waals surface area contributed by atoms with Gasteiger partial charge >= 0.3 is 18.3 Å². The summed E-state index contributed by atoms with van der Waals surface area (Å²) >= 11 is 1.09. The molecule has 2 aromatic heterocycles. The summed E-state index contributed by atoms with van der Waals surface area (Å²) < 4.78 is 47.8. The summed E-state index contributed by atoms with van der Waals surface area (Å²) in [5, 5.41) is 10.4. The highest BCUT2D eigenvalue weighted by Crippen LogP contribution is 2.31. The Morgan fingerprint density at radius 2 is 1.97 bits per heavy atom. The van der Waals surface area contributed by atoms with Crippen LogP contribution in [0.5, 0.6) is 5.75 Å². The molecule has 1 aromatic carbocycles. The zero-order chi connectivity index (χ0) is 21.9. The van der Waals surface area contributed by atoms with Gasteiger partial charge in [0, 0.05) is 11.5 Å². The minimum absolute atomic E-state index is 0.00603. The highest BCUT2D eigenvalue weighted by Gasteiger charge is 2.31. The van der Waals surface area contributed by atoms with Gasteiger partial charge in [-0.05, 0) is 37.3 Å². The van der Waals surface area contributed by atoms with Crippen LogP contribution in [0, 0.1) is 0 Å². The normalized spacial score (nSPS) is 11.5. The Kier molecular flexibility index (Phi) is 6.20. The molecule has 3 rings (SSSR count). The molecule has 0 saturated carbocycles. The maximum atomic E-state index is 12.6. The van der Waals surface area contributed by atoms with E-state index in [1.807, 2.05) is 0 Å². The van der Waals surface area contributed by atoms with Crippen LogP contribution in [0.4, 0.5) is 13.2 Å². The van der Waals surface area contributed by atoms with E-state index < -0.39 is 24.1 Å². The van der Waals surface area contributed by atoms with Gasteiger partial charge in [0.1, 0.15) is 17.3 Å². The molecule has 0 aliphatic rings. The minimum atomic E-state index is -4.89. The fourth-order valence-electron chi connectivity index (χ4n) is 2.73. The van der Waals surface area contributed by atoms with E-state index in [4.69, 9.17) is 4.74 Å². The highest BCUT2D eigenvalue weighted by molar-refractivity contribution is 7.99. The quantitative estimate of drug-likeness (QED) is 0.433. The highest BCUT2D eigenvalue weighted by atomic mass is 32.2. The van der Waals surface area contributed by atoms with Crippen molar-refractivity contribution in [1.29, 1.82) is 0 Å². The van der Waals surface area contributed by atoms with Crippen LogP contribution in [0.1, 0.15) is 17.4 Å². The van der Waals surface area contributed by atoms with E-state index in [-0.39, 0.29) is 29.4 Å². The van der Waals surface area contributed by atoms with Gasteiger partial charge in [-0.15, -0.1) is 13.2 Å². The van der Waals surface area contributed by atoms with Crippen molar-refractivity contribution < 1.29 is 37.3 Å². The summed E-state index contributed by atoms with van der Waals surface area (Å²) in [5.41, 5.74) is -0.0107. The molecule has 0 fully saturated rings. The van der Waals surface area contributed by atoms with Crippen molar-refractivity contribution >= 4 is 34.6 Å². The number of carbonyl (C=O) groups is 2. The van der Waals surface area contributed by atoms with Crippen molar-refractivity contribution in [3.8, 4) is 11.6 Å². The molecule has 0 bridgehead atoms. The van der Waals surface area contributed by atoms with E-state index in [1.54, 1.807) is 19.1 Å². The first-order valence-corrected chi connectivity index (χ1v) is 9.57. The number of hydrogen-bond acceptors (Lipinski definition) is 6. The number of alkyl halides is 3. The molecule has 11 heteroatoms. The second kappa shape index (κ2) is 8.66. The molecule has 0 atom stereocenters. The first kappa shape index (κ1) is 21.5. The first-order valence-electron chi connectivity index (χ1n) is 8.58. The first-order chi connectivity index (χ1) is 14.2. The average Bonchev–Trinajstić information content (AvgIpc) is 3.05. The molecular formula is C19H15F3N2O5S. The van der Waals surface area contributed by atoms with Gasteiger partial charge < -0.3 is 14.6 Å². The monoisotopic (exact) mass is 440 g/mol. The summed E-state index contributed by atoms with van der Waals surface area (Å²) in [5.74, 6) is -2.02. The summed E-state index contributed by atoms with van der Waals surface area (Å²) in [7, 11) is 0. The minimum Gasteiger partial charge on any atom is -0.477 e. The molecule has 3 aromatic rings. The Bertz CT molecular complexity index is 1100. The van der Waals surface area contributed by atoms with Crippen LogP contribution in [0.3, 0.4) is 0 Å². The predicted octanol–water partition coefficient (Wildman–Crippen LogP) is 4.28. The van der Waals surface area contributed by atoms with Gasteiger partial charge in [-0.1, -0.05) is 17.8 Å². The number of thioether (sulfide) groups is 1. The van der Waals surface area contributed by atoms with Crippen molar-refractivity contribution in [2.45, 2.75) is 18.3 Å². The second-order valence-corrected chi connectivity index (χ2v) is 6.86. The van der Waals surface area contributed by atoms with Crippen molar-refractivity contribution in [2.24, 2.45) is 0 Å². The fourth-order valence-corrected chi connectivity index (χ4v) is 3.41. The number of carboxylic acids is 1. The molecule has 0 saturated heterocycles. The molecule has 0 aliphatic heterocycles. The Labute approximate surface area is 172 Å². The molecule has 0 radical (unpaired) electrons. The topological polar surface area (TPSA) is 90.7 Å². The van der Waals surface area contributed by atoms with Crippen LogP contribution in [0.25, 0.3) is 16.7 Å². The van der Waals surface area contributed by atoms with Crippen LogP contribution in [-0.2, 0) is 9.53 Å². The number of esters is 1. The zero-order valence-corrected chi connectivity index (χ0v) is 16.3. The summed E-state index contributed by atoms with van der Waals surface area (Å²) in [4.78, 5) is 27.6. The smallest absolute Gasteiger partial charge is 0.477 e. The number of hydrogen-bond donors (Lipinski definition) is 1. The third kappa shape index (κ3) is 5.03. The van der Waals surface area contributed by atoms with Crippen LogP contribution in [0.15, 0.2) is 47.5 Å². The van der Waals surface area contributed by atoms with Gasteiger partial charge in [0.15, 0.2) is 0 Å². The summed E-state index contributed by atoms with van der Waals surface area (Å²) in [6.07, 6.45) is -4.89. The lowest BCUT2D eigenvalue weighted by atomic mass is 10.2. The van der Waals surface area contributed by atoms with E-state index in [0.717, 1.165) is 23.9 Å². The Hall–Kier alpha value is -3.21. The third-order valence-electron chi connectivity index (χ3n) is 3.81. The summed E-state index contributed by atoms with van der Waals surface area (Å²) in [6.45, 7) is 1.93. The van der Waals surface area contributed by atoms with Gasteiger partial charge in [-0.3, -0.25) is 9.36 Å². The van der Waals surface area contributed by atoms with Crippen molar-refractivity contribution in [2.75, 3.05) is 12.4 Å². The van der Waals surface area contributed by atoms with Crippen LogP contribution in [-0.4, -0.2) is 45.3 Å². The molecule has 158 valence electrons. The SMILES string of the molecule is CCOC(=O)CSc1cccc(-n2c(C(=O)O)cc3ccc(OC(F)(F)F)cc32)n1. The van der Waals surface area contributed by atoms with E-state index in [9.17, 15) is 27.9 Å². The Morgan fingerprint density at radius 3 is 2.63 bits per heavy atom. The number of nitrogens with zero attached hydrogens (tertiary/aromatic N) is 2. The third-order valence-corrected chi connectivity index (χ3v) is 4.71. The Balaban J connectivity index is 2.04. The number of rotatable bonds is 7. The van der Waals surface area contributed by atoms with Crippen molar-refractivity contribution in [3.63, 3.8) is 0 Å². The Morgan fingerprint density at radius 1 is 1.20 bits per heavy atom. The number of benzene rings is 1. The number of ether oxygens (including phenoxy) is 2. The molecule has 30 heavy (non-hydrogen) atoms. The summed E-state index contributed by atoms with van der Waals surface area (Å²) in [6, 6.07) is 9.59. The maximum absolute atomic E-state index is 12.6. The molecule has 0 amide bonds. The van der Waals surface area contributed by atoms with E-state index in [0.29, 0.717) is 10.4 Å². The number of aromatic nitrogens is 2. The number of halogens is 3. The van der Waals surface area contributed by atoms with E-state index >= 15 is 0 Å². The zero-order valence-electron chi connectivity index (χ0n) is 15.5. The fraction of sp³-hybridized carbons (Fsp3) is 0.211. The number of pyridine rings is 1. The lowest BCUT2D eigenvalue weighted by Crippen LogP contribution is -2.17. The molecule has 0 unspecified atom stereocenters. The van der Waals surface area contributed by atoms with Gasteiger partial charge in [0.05, 0.1) is 22.9 Å². The lowest BCUT2D eigenvalue weighted by Gasteiger charge is -2.11. The molecular weight excluding hydrogens is 425 g/mol. The van der Waals surface area contributed by atoms with Crippen molar-refractivity contribution in [3.05, 3.63) is 48.2 Å². The maximum Gasteiger partial charge on any atom is 0.573 e. The molecule has 2 heterocycles. The molecule has 0 spiro atoms. The number of carboxylic acid groups (broad SMARTS) is 1. The van der Waals surface area contributed by atoms with Crippen LogP contribution >= 0.6 is 11.8 Å². The van der Waals surface area contributed by atoms with E-state index in [2.05, 4.69) is 9.72 Å². The van der Waals surface area contributed by atoms with Gasteiger partial charge in [0.2, 0.25) is 0 Å². The molecule has 0 aliphatic carbocycles. The lowest BCUT2D eigenvalue weighted by molar-refractivity contribution is -0.274. The van der Waals surface area contributed by atoms with Gasteiger partial charge in [-0.25, -0.2) is 9.78 Å². The average molecular weight is 440 g/mol. The largest absolute Gasteiger partial charge is 0.573 e. The number of fused-ring (bicyclic) bond motifs is 1. The second-order valence-electron chi connectivity index (χ2n) is 5.87.